The number of halogens is 1. The Morgan fingerprint density at radius 1 is 1.17 bits per heavy atom. The van der Waals surface area contributed by atoms with Gasteiger partial charge in [0.15, 0.2) is 5.03 Å². The molecular weight excluding hydrogens is 407 g/mol. The lowest BCUT2D eigenvalue weighted by molar-refractivity contribution is 0.378. The molecule has 160 valence electrons. The predicted octanol–water partition coefficient (Wildman–Crippen LogP) is 3.42. The first-order valence-electron chi connectivity index (χ1n) is 9.51. The van der Waals surface area contributed by atoms with Gasteiger partial charge in [0, 0.05) is 12.3 Å². The van der Waals surface area contributed by atoms with E-state index in [0.29, 0.717) is 23.8 Å². The predicted molar refractivity (Wildman–Crippen MR) is 111 cm³/mol. The topological polar surface area (TPSA) is 77.3 Å². The van der Waals surface area contributed by atoms with Gasteiger partial charge in [-0.25, -0.2) is 9.37 Å². The van der Waals surface area contributed by atoms with Gasteiger partial charge in [-0.15, -0.1) is 0 Å². The lowest BCUT2D eigenvalue weighted by Crippen LogP contribution is -2.21. The highest BCUT2D eigenvalue weighted by Gasteiger charge is 2.31. The van der Waals surface area contributed by atoms with Crippen LogP contribution in [0.15, 0.2) is 53.7 Å². The number of rotatable bonds is 8. The van der Waals surface area contributed by atoms with Gasteiger partial charge in [-0.2, -0.15) is 8.42 Å². The highest BCUT2D eigenvalue weighted by atomic mass is 32.2. The maximum absolute atomic E-state index is 13.6. The molecule has 0 bridgehead atoms. The molecular formula is C21H25FN4O3S. The van der Waals surface area contributed by atoms with E-state index in [4.69, 9.17) is 4.18 Å². The molecule has 0 radical (unpaired) electrons. The van der Waals surface area contributed by atoms with Crippen molar-refractivity contribution in [2.45, 2.75) is 37.9 Å². The molecule has 2 aromatic heterocycles. The van der Waals surface area contributed by atoms with Gasteiger partial charge in [0.1, 0.15) is 17.4 Å². The van der Waals surface area contributed by atoms with Crippen LogP contribution in [0.4, 0.5) is 4.39 Å². The van der Waals surface area contributed by atoms with Gasteiger partial charge in [0.25, 0.3) is 0 Å². The van der Waals surface area contributed by atoms with Gasteiger partial charge in [0.05, 0.1) is 24.5 Å². The van der Waals surface area contributed by atoms with Crippen LogP contribution >= 0.6 is 0 Å². The first kappa shape index (κ1) is 21.9. The second kappa shape index (κ2) is 8.93. The molecule has 3 aromatic rings. The van der Waals surface area contributed by atoms with Crippen molar-refractivity contribution < 1.29 is 17.0 Å². The summed E-state index contributed by atoms with van der Waals surface area (Å²) in [5.41, 5.74) is 1.09. The van der Waals surface area contributed by atoms with Crippen molar-refractivity contribution in [3.05, 3.63) is 71.7 Å². The average Bonchev–Trinajstić information content (AvgIpc) is 3.01. The first-order valence-corrected chi connectivity index (χ1v) is 10.9. The summed E-state index contributed by atoms with van der Waals surface area (Å²) in [6.07, 6.45) is 1.65. The molecule has 0 aliphatic rings. The van der Waals surface area contributed by atoms with Gasteiger partial charge in [0.2, 0.25) is 0 Å². The Labute approximate surface area is 176 Å². The molecule has 0 saturated heterocycles. The normalized spacial score (nSPS) is 12.0. The van der Waals surface area contributed by atoms with E-state index >= 15 is 0 Å². The molecule has 0 saturated carbocycles. The van der Waals surface area contributed by atoms with Crippen molar-refractivity contribution in [1.82, 2.24) is 19.4 Å². The van der Waals surface area contributed by atoms with Gasteiger partial charge < -0.3 is 13.7 Å². The smallest absolute Gasteiger partial charge is 0.357 e. The van der Waals surface area contributed by atoms with Gasteiger partial charge in [-0.1, -0.05) is 26.0 Å². The highest BCUT2D eigenvalue weighted by Crippen LogP contribution is 2.29. The summed E-state index contributed by atoms with van der Waals surface area (Å²) < 4.78 is 47.1. The molecule has 0 fully saturated rings. The van der Waals surface area contributed by atoms with Crippen LogP contribution in [0.1, 0.15) is 37.0 Å². The van der Waals surface area contributed by atoms with Gasteiger partial charge >= 0.3 is 10.1 Å². The highest BCUT2D eigenvalue weighted by molar-refractivity contribution is 7.87. The molecule has 30 heavy (non-hydrogen) atoms. The second-order valence-corrected chi connectivity index (χ2v) is 8.97. The summed E-state index contributed by atoms with van der Waals surface area (Å²) in [5.74, 6) is -0.265. The Balaban J connectivity index is 2.15. The van der Waals surface area contributed by atoms with E-state index in [1.165, 1.54) is 18.2 Å². The van der Waals surface area contributed by atoms with Crippen LogP contribution in [0.5, 0.6) is 5.75 Å². The Kier molecular flexibility index (Phi) is 6.52. The SMILES string of the molecule is CC(C)c1nc(CN(C)C)n(Cc2ccccn2)c1S(=O)(=O)Oc1cccc(F)c1. The van der Waals surface area contributed by atoms with Crippen LogP contribution in [-0.4, -0.2) is 41.9 Å². The van der Waals surface area contributed by atoms with Crippen LogP contribution in [0.2, 0.25) is 0 Å². The summed E-state index contributed by atoms with van der Waals surface area (Å²) in [4.78, 5) is 10.9. The standard InChI is InChI=1S/C21H25FN4O3S/c1-15(2)20-21(30(27,28)29-18-10-7-8-16(22)12-18)26(19(24-20)14-25(3)4)13-17-9-5-6-11-23-17/h5-12,15H,13-14H2,1-4H3. The summed E-state index contributed by atoms with van der Waals surface area (Å²) in [6.45, 7) is 4.38. The number of nitrogens with zero attached hydrogens (tertiary/aromatic N) is 4. The van der Waals surface area contributed by atoms with E-state index in [-0.39, 0.29) is 23.2 Å². The second-order valence-electron chi connectivity index (χ2n) is 7.51. The Morgan fingerprint density at radius 2 is 1.93 bits per heavy atom. The monoisotopic (exact) mass is 432 g/mol. The minimum Gasteiger partial charge on any atom is -0.378 e. The summed E-state index contributed by atoms with van der Waals surface area (Å²) in [7, 11) is -0.522. The van der Waals surface area contributed by atoms with E-state index in [1.54, 1.807) is 16.8 Å². The Hall–Kier alpha value is -2.78. The minimum absolute atomic E-state index is 0.0377. The summed E-state index contributed by atoms with van der Waals surface area (Å²) in [5, 5.41) is -0.0377. The zero-order valence-corrected chi connectivity index (χ0v) is 18.2. The van der Waals surface area contributed by atoms with Crippen LogP contribution in [0, 0.1) is 5.82 Å². The fourth-order valence-electron chi connectivity index (χ4n) is 3.05. The third-order valence-electron chi connectivity index (χ3n) is 4.31. The Morgan fingerprint density at radius 3 is 2.53 bits per heavy atom. The molecule has 7 nitrogen and oxygen atoms in total. The number of aromatic nitrogens is 3. The summed E-state index contributed by atoms with van der Waals surface area (Å²) >= 11 is 0. The third kappa shape index (κ3) is 5.03. The number of hydrogen-bond acceptors (Lipinski definition) is 6. The molecule has 0 atom stereocenters. The molecule has 0 aliphatic carbocycles. The van der Waals surface area contributed by atoms with E-state index in [0.717, 1.165) is 6.07 Å². The molecule has 0 spiro atoms. The van der Waals surface area contributed by atoms with Crippen molar-refractivity contribution >= 4 is 10.1 Å². The van der Waals surface area contributed by atoms with Crippen molar-refractivity contribution in [2.24, 2.45) is 0 Å². The van der Waals surface area contributed by atoms with Crippen molar-refractivity contribution in [3.63, 3.8) is 0 Å². The molecule has 0 aliphatic heterocycles. The van der Waals surface area contributed by atoms with E-state index in [1.807, 2.05) is 45.0 Å². The largest absolute Gasteiger partial charge is 0.378 e. The van der Waals surface area contributed by atoms with Crippen LogP contribution in [-0.2, 0) is 23.2 Å². The maximum Gasteiger partial charge on any atom is 0.357 e. The molecule has 0 amide bonds. The lowest BCUT2D eigenvalue weighted by atomic mass is 10.1. The minimum atomic E-state index is -4.28. The maximum atomic E-state index is 13.6. The third-order valence-corrected chi connectivity index (χ3v) is 5.63. The molecule has 9 heteroatoms. The number of benzene rings is 1. The fraction of sp³-hybridized carbons (Fsp3) is 0.333. The van der Waals surface area contributed by atoms with Crippen LogP contribution in [0.25, 0.3) is 0 Å². The fourth-order valence-corrected chi connectivity index (χ4v) is 4.46. The summed E-state index contributed by atoms with van der Waals surface area (Å²) in [6, 6.07) is 10.5. The van der Waals surface area contributed by atoms with Gasteiger partial charge in [-0.05, 0) is 44.3 Å². The quantitative estimate of drug-likeness (QED) is 0.508. The first-order chi connectivity index (χ1) is 14.2. The molecule has 0 unspecified atom stereocenters. The van der Waals surface area contributed by atoms with Crippen molar-refractivity contribution in [2.75, 3.05) is 14.1 Å². The zero-order chi connectivity index (χ0) is 21.9. The Bertz CT molecular complexity index is 1110. The lowest BCUT2D eigenvalue weighted by Gasteiger charge is -2.15. The molecule has 1 aromatic carbocycles. The van der Waals surface area contributed by atoms with Crippen molar-refractivity contribution in [3.8, 4) is 5.75 Å². The van der Waals surface area contributed by atoms with Crippen LogP contribution < -0.4 is 4.18 Å². The molecule has 0 N–H and O–H groups in total. The van der Waals surface area contributed by atoms with Gasteiger partial charge in [-0.3, -0.25) is 4.98 Å². The number of hydrogen-bond donors (Lipinski definition) is 0. The van der Waals surface area contributed by atoms with Crippen LogP contribution in [0.3, 0.4) is 0 Å². The molecule has 3 rings (SSSR count). The van der Waals surface area contributed by atoms with Crippen molar-refractivity contribution in [1.29, 1.82) is 0 Å². The zero-order valence-electron chi connectivity index (χ0n) is 17.4. The number of pyridine rings is 1. The average molecular weight is 433 g/mol. The van der Waals surface area contributed by atoms with E-state index < -0.39 is 15.9 Å². The van der Waals surface area contributed by atoms with E-state index in [2.05, 4.69) is 9.97 Å². The molecule has 2 heterocycles. The van der Waals surface area contributed by atoms with E-state index in [9.17, 15) is 12.8 Å². The number of imidazole rings is 1.